The summed E-state index contributed by atoms with van der Waals surface area (Å²) in [5, 5.41) is 16.5. The highest BCUT2D eigenvalue weighted by molar-refractivity contribution is 7.95. The summed E-state index contributed by atoms with van der Waals surface area (Å²) < 4.78 is 0. The standard InChI is InChI=1S/3C4H12NS.3ClH/c3*1-3-6(5)4-2;;;/h3*3-5H2,1-2H3;3*1H/q3*+1;;;/p-3. The van der Waals surface area contributed by atoms with Gasteiger partial charge in [0.2, 0.25) is 0 Å². The normalized spacial score (nSPS) is 8.57. The Morgan fingerprint density at radius 1 is 0.429 bits per heavy atom. The monoisotopic (exact) mass is 423 g/mol. The van der Waals surface area contributed by atoms with E-state index in [1.807, 2.05) is 0 Å². The van der Waals surface area contributed by atoms with Crippen LogP contribution in [0.5, 0.6) is 0 Å². The minimum atomic E-state index is 0. The third kappa shape index (κ3) is 44.9. The molecule has 0 bridgehead atoms. The third-order valence-electron chi connectivity index (χ3n) is 2.22. The number of nitrogens with two attached hydrogens (primary N) is 3. The van der Waals surface area contributed by atoms with Gasteiger partial charge in [-0.05, 0) is 41.5 Å². The van der Waals surface area contributed by atoms with E-state index in [9.17, 15) is 0 Å². The van der Waals surface area contributed by atoms with E-state index >= 15 is 0 Å². The molecule has 0 aliphatic rings. The van der Waals surface area contributed by atoms with E-state index in [4.69, 9.17) is 15.4 Å². The van der Waals surface area contributed by atoms with Crippen LogP contribution in [0.25, 0.3) is 0 Å². The molecule has 3 nitrogen and oxygen atoms in total. The van der Waals surface area contributed by atoms with Crippen LogP contribution in [0.3, 0.4) is 0 Å². The summed E-state index contributed by atoms with van der Waals surface area (Å²) in [5.41, 5.74) is 0. The van der Waals surface area contributed by atoms with Crippen LogP contribution >= 0.6 is 0 Å². The number of hydrogen-bond donors (Lipinski definition) is 3. The van der Waals surface area contributed by atoms with Gasteiger partial charge < -0.3 is 37.2 Å². The molecule has 0 saturated carbocycles. The van der Waals surface area contributed by atoms with E-state index in [0.29, 0.717) is 0 Å². The largest absolute Gasteiger partial charge is 1.00 e. The molecular weight excluding hydrogens is 389 g/mol. The van der Waals surface area contributed by atoms with Gasteiger partial charge in [0.15, 0.2) is 0 Å². The highest BCUT2D eigenvalue weighted by Gasteiger charge is 2.01. The molecule has 0 aliphatic carbocycles. The highest BCUT2D eigenvalue weighted by Crippen LogP contribution is 1.81. The molecule has 0 rings (SSSR count). The summed E-state index contributed by atoms with van der Waals surface area (Å²) in [6.45, 7) is 12.7. The van der Waals surface area contributed by atoms with Gasteiger partial charge in [0.1, 0.15) is 34.5 Å². The molecular formula is C12H36Cl3N3S3. The van der Waals surface area contributed by atoms with Gasteiger partial charge in [0, 0.05) is 0 Å². The molecule has 0 aliphatic heterocycles. The number of halogens is 3. The smallest absolute Gasteiger partial charge is 0.124 e. The molecule has 0 unspecified atom stereocenters. The van der Waals surface area contributed by atoms with Crippen LogP contribution in [-0.4, -0.2) is 34.5 Å². The SMILES string of the molecule is CC[S+](N)CC.CC[S+](N)CC.CC[S+](N)CC.[Cl-].[Cl-].[Cl-]. The Hall–Kier alpha value is 1.80. The highest BCUT2D eigenvalue weighted by atomic mass is 35.5. The molecule has 138 valence electrons. The summed E-state index contributed by atoms with van der Waals surface area (Å²) in [7, 11) is 0. The Bertz CT molecular complexity index is 116. The van der Waals surface area contributed by atoms with Crippen molar-refractivity contribution in [1.29, 1.82) is 0 Å². The van der Waals surface area contributed by atoms with Gasteiger partial charge in [-0.25, -0.2) is 0 Å². The Kier molecular flexibility index (Phi) is 61.1. The lowest BCUT2D eigenvalue weighted by Gasteiger charge is -1.88. The van der Waals surface area contributed by atoms with Gasteiger partial charge in [0.25, 0.3) is 0 Å². The Morgan fingerprint density at radius 3 is 0.524 bits per heavy atom. The summed E-state index contributed by atoms with van der Waals surface area (Å²) >= 11 is 0.648. The molecule has 0 aromatic heterocycles. The lowest BCUT2D eigenvalue weighted by Crippen LogP contribution is -3.00. The summed E-state index contributed by atoms with van der Waals surface area (Å²) in [6, 6.07) is 0. The zero-order valence-electron chi connectivity index (χ0n) is 14.3. The quantitative estimate of drug-likeness (QED) is 0.371. The molecule has 0 saturated heterocycles. The molecule has 0 amide bonds. The molecule has 0 atom stereocenters. The predicted molar refractivity (Wildman–Crippen MR) is 97.9 cm³/mol. The Labute approximate surface area is 161 Å². The number of rotatable bonds is 6. The molecule has 0 aromatic carbocycles. The molecule has 9 heteroatoms. The van der Waals surface area contributed by atoms with E-state index in [1.165, 1.54) is 0 Å². The van der Waals surface area contributed by atoms with Gasteiger partial charge in [-0.15, -0.1) is 0 Å². The van der Waals surface area contributed by atoms with Crippen LogP contribution in [0.15, 0.2) is 0 Å². The van der Waals surface area contributed by atoms with Gasteiger partial charge in [-0.2, -0.15) is 15.4 Å². The van der Waals surface area contributed by atoms with Crippen molar-refractivity contribution in [2.24, 2.45) is 15.4 Å². The topological polar surface area (TPSA) is 78.1 Å². The first-order valence-corrected chi connectivity index (χ1v) is 11.6. The van der Waals surface area contributed by atoms with Crippen molar-refractivity contribution in [3.8, 4) is 0 Å². The van der Waals surface area contributed by atoms with E-state index in [1.54, 1.807) is 0 Å². The maximum Gasteiger partial charge on any atom is 0.124 e. The lowest BCUT2D eigenvalue weighted by molar-refractivity contribution is -0.00100. The van der Waals surface area contributed by atoms with E-state index in [-0.39, 0.29) is 70.5 Å². The van der Waals surface area contributed by atoms with Gasteiger partial charge in [0.05, 0.1) is 33.2 Å². The molecule has 0 heterocycles. The minimum Gasteiger partial charge on any atom is -1.00 e. The molecule has 21 heavy (non-hydrogen) atoms. The van der Waals surface area contributed by atoms with Crippen LogP contribution in [-0.2, 0) is 33.2 Å². The van der Waals surface area contributed by atoms with Crippen molar-refractivity contribution < 1.29 is 37.2 Å². The van der Waals surface area contributed by atoms with E-state index in [0.717, 1.165) is 34.5 Å². The predicted octanol–water partition coefficient (Wildman–Crippen LogP) is -7.43. The first-order valence-electron chi connectivity index (χ1n) is 6.68. The summed E-state index contributed by atoms with van der Waals surface area (Å²) in [5.74, 6) is 6.81. The zero-order chi connectivity index (χ0) is 15.0. The van der Waals surface area contributed by atoms with Crippen molar-refractivity contribution in [2.45, 2.75) is 41.5 Å². The molecule has 0 aromatic rings. The van der Waals surface area contributed by atoms with Crippen molar-refractivity contribution in [1.82, 2.24) is 0 Å². The summed E-state index contributed by atoms with van der Waals surface area (Å²) in [6.07, 6.45) is 0. The van der Waals surface area contributed by atoms with Gasteiger partial charge in [-0.3, -0.25) is 0 Å². The fourth-order valence-electron chi connectivity index (χ4n) is 0.612. The molecule has 0 radical (unpaired) electrons. The number of hydrogen-bond acceptors (Lipinski definition) is 3. The van der Waals surface area contributed by atoms with E-state index in [2.05, 4.69) is 41.5 Å². The lowest BCUT2D eigenvalue weighted by atomic mass is 11.0. The van der Waals surface area contributed by atoms with Crippen LogP contribution in [0.4, 0.5) is 0 Å². The Balaban J connectivity index is -0.0000000375. The second-order valence-electron chi connectivity index (χ2n) is 3.34. The van der Waals surface area contributed by atoms with Gasteiger partial charge in [-0.1, -0.05) is 0 Å². The maximum atomic E-state index is 5.50. The Morgan fingerprint density at radius 2 is 0.524 bits per heavy atom. The maximum absolute atomic E-state index is 5.50. The first-order chi connectivity index (χ1) is 8.42. The van der Waals surface area contributed by atoms with Crippen LogP contribution in [0.2, 0.25) is 0 Å². The van der Waals surface area contributed by atoms with E-state index < -0.39 is 0 Å². The first kappa shape index (κ1) is 38.4. The summed E-state index contributed by atoms with van der Waals surface area (Å²) in [4.78, 5) is 0. The average Bonchev–Trinajstić information content (AvgIpc) is 2.45. The average molecular weight is 425 g/mol. The van der Waals surface area contributed by atoms with Crippen molar-refractivity contribution in [3.05, 3.63) is 0 Å². The van der Waals surface area contributed by atoms with Gasteiger partial charge >= 0.3 is 0 Å². The molecule has 6 N–H and O–H groups in total. The van der Waals surface area contributed by atoms with Crippen molar-refractivity contribution >= 4 is 33.2 Å². The van der Waals surface area contributed by atoms with Crippen LogP contribution in [0, 0.1) is 0 Å². The molecule has 0 spiro atoms. The fraction of sp³-hybridized carbons (Fsp3) is 1.00. The van der Waals surface area contributed by atoms with Crippen LogP contribution < -0.4 is 52.6 Å². The molecule has 0 fully saturated rings. The zero-order valence-corrected chi connectivity index (χ0v) is 19.1. The minimum absolute atomic E-state index is 0. The van der Waals surface area contributed by atoms with Crippen molar-refractivity contribution in [2.75, 3.05) is 34.5 Å². The van der Waals surface area contributed by atoms with Crippen molar-refractivity contribution in [3.63, 3.8) is 0 Å². The second-order valence-corrected chi connectivity index (χ2v) is 10.0. The van der Waals surface area contributed by atoms with Crippen LogP contribution in [0.1, 0.15) is 41.5 Å². The fourth-order valence-corrected chi connectivity index (χ4v) is 1.84. The second kappa shape index (κ2) is 33.4. The third-order valence-corrected chi connectivity index (χ3v) is 6.67.